The molecule has 0 saturated carbocycles. The molecule has 1 aliphatic carbocycles. The van der Waals surface area contributed by atoms with Crippen molar-refractivity contribution in [3.8, 4) is 0 Å². The van der Waals surface area contributed by atoms with Gasteiger partial charge in [0.2, 0.25) is 5.91 Å². The number of hydrogen-bond donors (Lipinski definition) is 1. The first kappa shape index (κ1) is 12.8. The predicted molar refractivity (Wildman–Crippen MR) is 74.0 cm³/mol. The number of rotatable bonds is 3. The highest BCUT2D eigenvalue weighted by Crippen LogP contribution is 2.28. The van der Waals surface area contributed by atoms with E-state index < -0.39 is 0 Å². The van der Waals surface area contributed by atoms with Crippen LogP contribution in [-0.4, -0.2) is 15.7 Å². The number of amides is 1. The third kappa shape index (κ3) is 2.43. The SMILES string of the molecule is Cn1nc2c(c1NC(=O)Cc1ccc(F)cc1)CCC2. The number of nitrogens with zero attached hydrogens (tertiary/aromatic N) is 2. The van der Waals surface area contributed by atoms with Crippen molar-refractivity contribution in [3.05, 3.63) is 46.9 Å². The molecule has 0 atom stereocenters. The van der Waals surface area contributed by atoms with E-state index in [2.05, 4.69) is 10.4 Å². The predicted octanol–water partition coefficient (Wildman–Crippen LogP) is 2.23. The second-order valence-electron chi connectivity index (χ2n) is 5.10. The minimum absolute atomic E-state index is 0.102. The van der Waals surface area contributed by atoms with Gasteiger partial charge in [0, 0.05) is 12.6 Å². The standard InChI is InChI=1S/C15H16FN3O/c1-19-15(12-3-2-4-13(12)18-19)17-14(20)9-10-5-7-11(16)8-6-10/h5-8H,2-4,9H2,1H3,(H,17,20). The molecule has 3 rings (SSSR count). The molecule has 20 heavy (non-hydrogen) atoms. The van der Waals surface area contributed by atoms with E-state index in [1.165, 1.54) is 12.1 Å². The molecule has 1 aromatic heterocycles. The molecule has 104 valence electrons. The van der Waals surface area contributed by atoms with E-state index in [0.717, 1.165) is 41.9 Å². The highest BCUT2D eigenvalue weighted by Gasteiger charge is 2.21. The summed E-state index contributed by atoms with van der Waals surface area (Å²) >= 11 is 0. The van der Waals surface area contributed by atoms with Gasteiger partial charge in [0.25, 0.3) is 0 Å². The maximum absolute atomic E-state index is 12.8. The molecule has 2 aromatic rings. The van der Waals surface area contributed by atoms with Gasteiger partial charge in [-0.15, -0.1) is 0 Å². The first-order valence-corrected chi connectivity index (χ1v) is 6.72. The number of benzene rings is 1. The second-order valence-corrected chi connectivity index (χ2v) is 5.10. The third-order valence-electron chi connectivity index (χ3n) is 3.60. The van der Waals surface area contributed by atoms with E-state index >= 15 is 0 Å². The fourth-order valence-corrected chi connectivity index (χ4v) is 2.64. The van der Waals surface area contributed by atoms with Crippen LogP contribution in [0.15, 0.2) is 24.3 Å². The van der Waals surface area contributed by atoms with Gasteiger partial charge in [0.05, 0.1) is 12.1 Å². The molecule has 5 heteroatoms. The van der Waals surface area contributed by atoms with Crippen LogP contribution < -0.4 is 5.32 Å². The molecule has 4 nitrogen and oxygen atoms in total. The molecule has 0 radical (unpaired) electrons. The molecule has 0 saturated heterocycles. The smallest absolute Gasteiger partial charge is 0.229 e. The van der Waals surface area contributed by atoms with E-state index in [1.807, 2.05) is 7.05 Å². The summed E-state index contributed by atoms with van der Waals surface area (Å²) in [5.41, 5.74) is 3.03. The van der Waals surface area contributed by atoms with Gasteiger partial charge in [-0.05, 0) is 37.0 Å². The number of halogens is 1. The molecule has 1 amide bonds. The Labute approximate surface area is 116 Å². The summed E-state index contributed by atoms with van der Waals surface area (Å²) in [5, 5.41) is 7.34. The summed E-state index contributed by atoms with van der Waals surface area (Å²) in [6.45, 7) is 0. The van der Waals surface area contributed by atoms with Gasteiger partial charge in [0.15, 0.2) is 0 Å². The van der Waals surface area contributed by atoms with E-state index in [0.29, 0.717) is 0 Å². The van der Waals surface area contributed by atoms with Crippen LogP contribution in [0.1, 0.15) is 23.2 Å². The molecule has 1 aliphatic rings. The van der Waals surface area contributed by atoms with Crippen LogP contribution in [0, 0.1) is 5.82 Å². The molecule has 0 spiro atoms. The topological polar surface area (TPSA) is 46.9 Å². The summed E-state index contributed by atoms with van der Waals surface area (Å²) in [7, 11) is 1.84. The zero-order chi connectivity index (χ0) is 14.1. The minimum atomic E-state index is -0.293. The average Bonchev–Trinajstić information content (AvgIpc) is 2.96. The average molecular weight is 273 g/mol. The van der Waals surface area contributed by atoms with Crippen LogP contribution in [0.25, 0.3) is 0 Å². The maximum Gasteiger partial charge on any atom is 0.229 e. The zero-order valence-electron chi connectivity index (χ0n) is 11.3. The number of fused-ring (bicyclic) bond motifs is 1. The monoisotopic (exact) mass is 273 g/mol. The van der Waals surface area contributed by atoms with E-state index in [9.17, 15) is 9.18 Å². The van der Waals surface area contributed by atoms with Crippen LogP contribution >= 0.6 is 0 Å². The van der Waals surface area contributed by atoms with Crippen LogP contribution in [0.3, 0.4) is 0 Å². The largest absolute Gasteiger partial charge is 0.310 e. The fraction of sp³-hybridized carbons (Fsp3) is 0.333. The van der Waals surface area contributed by atoms with Crippen molar-refractivity contribution in [1.29, 1.82) is 0 Å². The summed E-state index contributed by atoms with van der Waals surface area (Å²) in [6.07, 6.45) is 3.28. The summed E-state index contributed by atoms with van der Waals surface area (Å²) in [5.74, 6) is 0.400. The summed E-state index contributed by atoms with van der Waals surface area (Å²) in [6, 6.07) is 5.99. The van der Waals surface area contributed by atoms with Crippen molar-refractivity contribution in [2.45, 2.75) is 25.7 Å². The van der Waals surface area contributed by atoms with E-state index in [4.69, 9.17) is 0 Å². The number of carbonyl (C=O) groups excluding carboxylic acids is 1. The van der Waals surface area contributed by atoms with Crippen molar-refractivity contribution in [3.63, 3.8) is 0 Å². The molecule has 1 aromatic carbocycles. The van der Waals surface area contributed by atoms with Crippen LogP contribution in [-0.2, 0) is 31.1 Å². The molecule has 0 aliphatic heterocycles. The molecule has 1 heterocycles. The Kier molecular flexibility index (Phi) is 3.26. The number of nitrogens with one attached hydrogen (secondary N) is 1. The minimum Gasteiger partial charge on any atom is -0.310 e. The number of hydrogen-bond acceptors (Lipinski definition) is 2. The lowest BCUT2D eigenvalue weighted by atomic mass is 10.1. The Balaban J connectivity index is 1.72. The highest BCUT2D eigenvalue weighted by atomic mass is 19.1. The van der Waals surface area contributed by atoms with Crippen molar-refractivity contribution in [2.75, 3.05) is 5.32 Å². The molecule has 0 bridgehead atoms. The maximum atomic E-state index is 12.8. The van der Waals surface area contributed by atoms with Gasteiger partial charge in [0.1, 0.15) is 11.6 Å². The molecule has 0 fully saturated rings. The van der Waals surface area contributed by atoms with Crippen molar-refractivity contribution in [1.82, 2.24) is 9.78 Å². The first-order chi connectivity index (χ1) is 9.63. The van der Waals surface area contributed by atoms with E-state index in [-0.39, 0.29) is 18.1 Å². The molecule has 0 unspecified atom stereocenters. The van der Waals surface area contributed by atoms with Gasteiger partial charge in [-0.1, -0.05) is 12.1 Å². The van der Waals surface area contributed by atoms with Crippen LogP contribution in [0.4, 0.5) is 10.2 Å². The van der Waals surface area contributed by atoms with Crippen molar-refractivity contribution in [2.24, 2.45) is 7.05 Å². The van der Waals surface area contributed by atoms with Gasteiger partial charge >= 0.3 is 0 Å². The number of carbonyl (C=O) groups is 1. The Morgan fingerprint density at radius 2 is 2.10 bits per heavy atom. The number of anilines is 1. The number of aromatic nitrogens is 2. The Morgan fingerprint density at radius 3 is 2.85 bits per heavy atom. The lowest BCUT2D eigenvalue weighted by Crippen LogP contribution is -2.17. The summed E-state index contributed by atoms with van der Waals surface area (Å²) < 4.78 is 14.5. The second kappa shape index (κ2) is 5.07. The Morgan fingerprint density at radius 1 is 1.35 bits per heavy atom. The van der Waals surface area contributed by atoms with Gasteiger partial charge < -0.3 is 5.32 Å². The van der Waals surface area contributed by atoms with E-state index in [1.54, 1.807) is 16.8 Å². The quantitative estimate of drug-likeness (QED) is 0.932. The Bertz CT molecular complexity index is 646. The Hall–Kier alpha value is -2.17. The summed E-state index contributed by atoms with van der Waals surface area (Å²) in [4.78, 5) is 12.1. The van der Waals surface area contributed by atoms with Crippen molar-refractivity contribution < 1.29 is 9.18 Å². The van der Waals surface area contributed by atoms with Crippen molar-refractivity contribution >= 4 is 11.7 Å². The molecular weight excluding hydrogens is 257 g/mol. The fourth-order valence-electron chi connectivity index (χ4n) is 2.64. The lowest BCUT2D eigenvalue weighted by molar-refractivity contribution is -0.115. The zero-order valence-corrected chi connectivity index (χ0v) is 11.3. The lowest BCUT2D eigenvalue weighted by Gasteiger charge is -2.07. The van der Waals surface area contributed by atoms with Gasteiger partial charge in [-0.25, -0.2) is 4.39 Å². The van der Waals surface area contributed by atoms with Crippen LogP contribution in [0.5, 0.6) is 0 Å². The van der Waals surface area contributed by atoms with Gasteiger partial charge in [-0.3, -0.25) is 9.48 Å². The number of aryl methyl sites for hydroxylation is 2. The molecular formula is C15H16FN3O. The third-order valence-corrected chi connectivity index (χ3v) is 3.60. The molecule has 1 N–H and O–H groups in total. The highest BCUT2D eigenvalue weighted by molar-refractivity contribution is 5.92. The van der Waals surface area contributed by atoms with Gasteiger partial charge in [-0.2, -0.15) is 5.10 Å². The normalized spacial score (nSPS) is 13.3. The van der Waals surface area contributed by atoms with Crippen LogP contribution in [0.2, 0.25) is 0 Å². The first-order valence-electron chi connectivity index (χ1n) is 6.72.